The van der Waals surface area contributed by atoms with E-state index in [4.69, 9.17) is 5.26 Å². The fraction of sp³-hybridized carbons (Fsp3) is 0.214. The number of nitrogens with one attached hydrogen (secondary N) is 1. The largest absolute Gasteiger partial charge is 0.416 e. The van der Waals surface area contributed by atoms with Crippen molar-refractivity contribution in [1.29, 1.82) is 5.26 Å². The lowest BCUT2D eigenvalue weighted by Gasteiger charge is -2.19. The highest BCUT2D eigenvalue weighted by Gasteiger charge is 2.31. The Labute approximate surface area is 222 Å². The molecule has 0 bridgehead atoms. The van der Waals surface area contributed by atoms with E-state index in [0.29, 0.717) is 34.7 Å². The summed E-state index contributed by atoms with van der Waals surface area (Å²) in [6, 6.07) is 16.2. The lowest BCUT2D eigenvalue weighted by atomic mass is 10.0. The molecular weight excluding hydrogens is 509 g/mol. The molecule has 2 aromatic carbocycles. The highest BCUT2D eigenvalue weighted by molar-refractivity contribution is 5.95. The molecule has 1 N–H and O–H groups in total. The van der Waals surface area contributed by atoms with Gasteiger partial charge in [-0.1, -0.05) is 6.07 Å². The third-order valence-electron chi connectivity index (χ3n) is 6.13. The number of amides is 1. The quantitative estimate of drug-likeness (QED) is 0.384. The number of aromatic nitrogens is 3. The molecule has 4 rings (SSSR count). The van der Waals surface area contributed by atoms with Crippen molar-refractivity contribution in [3.8, 4) is 28.7 Å². The molecule has 2 aromatic heterocycles. The van der Waals surface area contributed by atoms with Crippen molar-refractivity contribution in [3.63, 3.8) is 0 Å². The summed E-state index contributed by atoms with van der Waals surface area (Å²) in [5.41, 5.74) is 0.395. The standard InChI is InChI=1S/C28H25F3N6O2/c1-18-23(25-11-12-34-37(25)21-9-7-19(17-32)8-10-21)16-24(26(38)33-13-14-35(2)3)27(39)36(18)22-6-4-5-20(15-22)28(29,30)31/h4-12,15-16H,13-14H2,1-3H3,(H,33,38). The molecule has 0 aliphatic rings. The van der Waals surface area contributed by atoms with E-state index in [1.807, 2.05) is 19.0 Å². The first-order chi connectivity index (χ1) is 18.5. The number of carbonyl (C=O) groups excluding carboxylic acids is 1. The van der Waals surface area contributed by atoms with E-state index < -0.39 is 23.2 Å². The van der Waals surface area contributed by atoms with Crippen molar-refractivity contribution in [2.45, 2.75) is 13.1 Å². The Bertz CT molecular complexity index is 1610. The Morgan fingerprint density at radius 1 is 1.08 bits per heavy atom. The van der Waals surface area contributed by atoms with E-state index in [1.165, 1.54) is 24.4 Å². The van der Waals surface area contributed by atoms with Crippen LogP contribution in [-0.4, -0.2) is 52.3 Å². The molecule has 0 aliphatic heterocycles. The van der Waals surface area contributed by atoms with Gasteiger partial charge >= 0.3 is 6.18 Å². The molecule has 200 valence electrons. The molecule has 2 heterocycles. The van der Waals surface area contributed by atoms with Crippen LogP contribution < -0.4 is 10.9 Å². The molecule has 0 saturated heterocycles. The summed E-state index contributed by atoms with van der Waals surface area (Å²) in [4.78, 5) is 28.6. The number of alkyl halides is 3. The Hall–Kier alpha value is -4.69. The van der Waals surface area contributed by atoms with Gasteiger partial charge in [0, 0.05) is 30.0 Å². The molecular formula is C28H25F3N6O2. The minimum absolute atomic E-state index is 0.0269. The van der Waals surface area contributed by atoms with Crippen LogP contribution in [0.2, 0.25) is 0 Å². The Morgan fingerprint density at radius 2 is 1.79 bits per heavy atom. The number of hydrogen-bond acceptors (Lipinski definition) is 5. The van der Waals surface area contributed by atoms with Crippen LogP contribution in [0.15, 0.2) is 71.7 Å². The van der Waals surface area contributed by atoms with Gasteiger partial charge in [0.1, 0.15) is 5.56 Å². The first-order valence-electron chi connectivity index (χ1n) is 11.9. The van der Waals surface area contributed by atoms with Gasteiger partial charge in [-0.25, -0.2) is 4.68 Å². The Kier molecular flexibility index (Phi) is 7.69. The zero-order chi connectivity index (χ0) is 28.3. The molecule has 0 radical (unpaired) electrons. The third kappa shape index (κ3) is 5.76. The fourth-order valence-corrected chi connectivity index (χ4v) is 4.14. The lowest BCUT2D eigenvalue weighted by Crippen LogP contribution is -2.36. The van der Waals surface area contributed by atoms with Crippen molar-refractivity contribution >= 4 is 5.91 Å². The number of nitrogens with zero attached hydrogens (tertiary/aromatic N) is 5. The zero-order valence-electron chi connectivity index (χ0n) is 21.5. The zero-order valence-corrected chi connectivity index (χ0v) is 21.5. The molecule has 4 aromatic rings. The third-order valence-corrected chi connectivity index (χ3v) is 6.13. The number of nitriles is 1. The van der Waals surface area contributed by atoms with Crippen LogP contribution in [0.25, 0.3) is 22.6 Å². The summed E-state index contributed by atoms with van der Waals surface area (Å²) in [6.07, 6.45) is -3.09. The van der Waals surface area contributed by atoms with Crippen LogP contribution in [0.3, 0.4) is 0 Å². The maximum absolute atomic E-state index is 13.6. The molecule has 1 amide bonds. The summed E-state index contributed by atoms with van der Waals surface area (Å²) in [7, 11) is 3.67. The highest BCUT2D eigenvalue weighted by atomic mass is 19.4. The predicted molar refractivity (Wildman–Crippen MR) is 140 cm³/mol. The number of halogens is 3. The average Bonchev–Trinajstić information content (AvgIpc) is 3.38. The SMILES string of the molecule is Cc1c(-c2ccnn2-c2ccc(C#N)cc2)cc(C(=O)NCCN(C)C)c(=O)n1-c1cccc(C(F)(F)F)c1. The lowest BCUT2D eigenvalue weighted by molar-refractivity contribution is -0.137. The minimum atomic E-state index is -4.62. The summed E-state index contributed by atoms with van der Waals surface area (Å²) < 4.78 is 43.2. The van der Waals surface area contributed by atoms with Gasteiger partial charge in [0.15, 0.2) is 0 Å². The second kappa shape index (κ2) is 11.0. The monoisotopic (exact) mass is 534 g/mol. The fourth-order valence-electron chi connectivity index (χ4n) is 4.14. The van der Waals surface area contributed by atoms with E-state index in [0.717, 1.165) is 16.7 Å². The van der Waals surface area contributed by atoms with E-state index in [1.54, 1.807) is 41.9 Å². The van der Waals surface area contributed by atoms with Gasteiger partial charge in [0.2, 0.25) is 0 Å². The first kappa shape index (κ1) is 27.3. The number of carbonyl (C=O) groups is 1. The van der Waals surface area contributed by atoms with Crippen LogP contribution in [-0.2, 0) is 6.18 Å². The Morgan fingerprint density at radius 3 is 2.44 bits per heavy atom. The summed E-state index contributed by atoms with van der Waals surface area (Å²) >= 11 is 0. The van der Waals surface area contributed by atoms with Gasteiger partial charge in [0.25, 0.3) is 11.5 Å². The van der Waals surface area contributed by atoms with E-state index in [9.17, 15) is 22.8 Å². The van der Waals surface area contributed by atoms with Crippen LogP contribution in [0.4, 0.5) is 13.2 Å². The molecule has 0 saturated carbocycles. The molecule has 0 fully saturated rings. The number of pyridine rings is 1. The molecule has 0 spiro atoms. The number of benzene rings is 2. The van der Waals surface area contributed by atoms with Gasteiger partial charge in [-0.05, 0) is 75.6 Å². The van der Waals surface area contributed by atoms with Gasteiger partial charge < -0.3 is 10.2 Å². The second-order valence-corrected chi connectivity index (χ2v) is 9.09. The van der Waals surface area contributed by atoms with Crippen molar-refractivity contribution in [2.24, 2.45) is 0 Å². The molecule has 0 aliphatic carbocycles. The van der Waals surface area contributed by atoms with Crippen molar-refractivity contribution in [3.05, 3.63) is 99.6 Å². The number of rotatable bonds is 7. The minimum Gasteiger partial charge on any atom is -0.351 e. The van der Waals surface area contributed by atoms with E-state index >= 15 is 0 Å². The number of likely N-dealkylation sites (N-methyl/N-ethyl adjacent to an activating group) is 1. The molecule has 0 atom stereocenters. The first-order valence-corrected chi connectivity index (χ1v) is 11.9. The summed E-state index contributed by atoms with van der Waals surface area (Å²) in [6.45, 7) is 2.39. The summed E-state index contributed by atoms with van der Waals surface area (Å²) in [5, 5.41) is 16.2. The van der Waals surface area contributed by atoms with Gasteiger partial charge in [-0.15, -0.1) is 0 Å². The normalized spacial score (nSPS) is 11.4. The molecule has 39 heavy (non-hydrogen) atoms. The molecule has 8 nitrogen and oxygen atoms in total. The molecule has 0 unspecified atom stereocenters. The predicted octanol–water partition coefficient (Wildman–Crippen LogP) is 4.18. The maximum Gasteiger partial charge on any atom is 0.416 e. The highest BCUT2D eigenvalue weighted by Crippen LogP contribution is 2.32. The van der Waals surface area contributed by atoms with Crippen LogP contribution in [0, 0.1) is 18.3 Å². The van der Waals surface area contributed by atoms with Crippen molar-refractivity contribution in [1.82, 2.24) is 24.6 Å². The smallest absolute Gasteiger partial charge is 0.351 e. The molecule has 11 heteroatoms. The van der Waals surface area contributed by atoms with E-state index in [2.05, 4.69) is 16.5 Å². The van der Waals surface area contributed by atoms with Crippen LogP contribution in [0.5, 0.6) is 0 Å². The van der Waals surface area contributed by atoms with Crippen molar-refractivity contribution in [2.75, 3.05) is 27.2 Å². The average molecular weight is 535 g/mol. The van der Waals surface area contributed by atoms with Crippen LogP contribution >= 0.6 is 0 Å². The summed E-state index contributed by atoms with van der Waals surface area (Å²) in [5.74, 6) is -0.645. The van der Waals surface area contributed by atoms with Gasteiger partial charge in [0.05, 0.1) is 34.8 Å². The van der Waals surface area contributed by atoms with E-state index in [-0.39, 0.29) is 17.8 Å². The Balaban J connectivity index is 1.93. The van der Waals surface area contributed by atoms with Gasteiger partial charge in [-0.2, -0.15) is 23.5 Å². The second-order valence-electron chi connectivity index (χ2n) is 9.09. The topological polar surface area (TPSA) is 95.9 Å². The van der Waals surface area contributed by atoms with Crippen LogP contribution in [0.1, 0.15) is 27.2 Å². The number of hydrogen-bond donors (Lipinski definition) is 1. The van der Waals surface area contributed by atoms with Gasteiger partial charge in [-0.3, -0.25) is 14.2 Å². The maximum atomic E-state index is 13.6. The van der Waals surface area contributed by atoms with Crippen molar-refractivity contribution < 1.29 is 18.0 Å².